The van der Waals surface area contributed by atoms with E-state index in [1.165, 1.54) is 17.8 Å². The quantitative estimate of drug-likeness (QED) is 0.921. The van der Waals surface area contributed by atoms with Crippen molar-refractivity contribution in [2.75, 3.05) is 0 Å². The minimum Gasteiger partial charge on any atom is -0.478 e. The van der Waals surface area contributed by atoms with Crippen molar-refractivity contribution in [3.8, 4) is 0 Å². The van der Waals surface area contributed by atoms with Crippen LogP contribution in [0, 0.1) is 0 Å². The molecule has 1 aromatic carbocycles. The summed E-state index contributed by atoms with van der Waals surface area (Å²) < 4.78 is 0. The molecule has 0 saturated carbocycles. The van der Waals surface area contributed by atoms with E-state index in [2.05, 4.69) is 4.98 Å². The number of carboxylic acid groups (broad SMARTS) is 1. The number of rotatable bonds is 3. The first-order valence-corrected chi connectivity index (χ1v) is 5.98. The van der Waals surface area contributed by atoms with E-state index < -0.39 is 5.97 Å². The Morgan fingerprint density at radius 3 is 2.82 bits per heavy atom. The van der Waals surface area contributed by atoms with Gasteiger partial charge in [0.2, 0.25) is 0 Å². The topological polar surface area (TPSA) is 50.2 Å². The Hall–Kier alpha value is -1.52. The fraction of sp³-hybridized carbons (Fsp3) is 0. The SMILES string of the molecule is O=C(O)c1cccnc1Sc1cccc(Cl)c1. The van der Waals surface area contributed by atoms with E-state index in [4.69, 9.17) is 16.7 Å². The molecule has 0 unspecified atom stereocenters. The molecule has 2 aromatic rings. The van der Waals surface area contributed by atoms with Crippen LogP contribution in [-0.4, -0.2) is 16.1 Å². The van der Waals surface area contributed by atoms with Crippen molar-refractivity contribution in [2.24, 2.45) is 0 Å². The Morgan fingerprint density at radius 2 is 2.12 bits per heavy atom. The van der Waals surface area contributed by atoms with E-state index in [1.807, 2.05) is 12.1 Å². The first-order chi connectivity index (χ1) is 8.16. The van der Waals surface area contributed by atoms with E-state index in [1.54, 1.807) is 24.4 Å². The van der Waals surface area contributed by atoms with Crippen LogP contribution in [0.3, 0.4) is 0 Å². The molecule has 0 bridgehead atoms. The molecule has 1 N–H and O–H groups in total. The van der Waals surface area contributed by atoms with Gasteiger partial charge in [-0.05, 0) is 30.3 Å². The van der Waals surface area contributed by atoms with Gasteiger partial charge >= 0.3 is 5.97 Å². The third-order valence-electron chi connectivity index (χ3n) is 2.01. The number of halogens is 1. The second kappa shape index (κ2) is 5.21. The number of pyridine rings is 1. The zero-order valence-corrected chi connectivity index (χ0v) is 10.2. The van der Waals surface area contributed by atoms with Crippen molar-refractivity contribution in [2.45, 2.75) is 9.92 Å². The third kappa shape index (κ3) is 2.99. The number of aromatic carboxylic acids is 1. The lowest BCUT2D eigenvalue weighted by molar-refractivity contribution is 0.0692. The van der Waals surface area contributed by atoms with Crippen molar-refractivity contribution in [3.63, 3.8) is 0 Å². The normalized spacial score (nSPS) is 10.2. The van der Waals surface area contributed by atoms with Gasteiger partial charge in [0.15, 0.2) is 0 Å². The zero-order valence-electron chi connectivity index (χ0n) is 8.63. The summed E-state index contributed by atoms with van der Waals surface area (Å²) in [7, 11) is 0. The molecular formula is C12H8ClNO2S. The number of nitrogens with zero attached hydrogens (tertiary/aromatic N) is 1. The lowest BCUT2D eigenvalue weighted by Crippen LogP contribution is -1.99. The van der Waals surface area contributed by atoms with E-state index in [0.29, 0.717) is 10.0 Å². The fourth-order valence-electron chi connectivity index (χ4n) is 1.28. The number of hydrogen-bond donors (Lipinski definition) is 1. The summed E-state index contributed by atoms with van der Waals surface area (Å²) in [6.45, 7) is 0. The van der Waals surface area contributed by atoms with Gasteiger partial charge in [0.05, 0.1) is 5.56 Å². The van der Waals surface area contributed by atoms with Gasteiger partial charge in [-0.2, -0.15) is 0 Å². The lowest BCUT2D eigenvalue weighted by Gasteiger charge is -2.04. The maximum atomic E-state index is 11.0. The Balaban J connectivity index is 2.33. The molecule has 0 atom stereocenters. The van der Waals surface area contributed by atoms with Gasteiger partial charge in [-0.3, -0.25) is 0 Å². The van der Waals surface area contributed by atoms with Crippen LogP contribution in [0.25, 0.3) is 0 Å². The van der Waals surface area contributed by atoms with Gasteiger partial charge in [0, 0.05) is 16.1 Å². The number of carbonyl (C=O) groups is 1. The Bertz CT molecular complexity index is 560. The largest absolute Gasteiger partial charge is 0.478 e. The summed E-state index contributed by atoms with van der Waals surface area (Å²) in [4.78, 5) is 15.9. The molecule has 86 valence electrons. The average Bonchev–Trinajstić information content (AvgIpc) is 2.29. The molecule has 0 aliphatic carbocycles. The van der Waals surface area contributed by atoms with Crippen LogP contribution in [0.15, 0.2) is 52.5 Å². The van der Waals surface area contributed by atoms with Gasteiger partial charge in [-0.15, -0.1) is 0 Å². The first kappa shape index (κ1) is 12.0. The minimum atomic E-state index is -0.984. The van der Waals surface area contributed by atoms with Gasteiger partial charge in [-0.1, -0.05) is 29.4 Å². The molecule has 0 saturated heterocycles. The summed E-state index contributed by atoms with van der Waals surface area (Å²) in [6.07, 6.45) is 1.57. The Labute approximate surface area is 107 Å². The molecular weight excluding hydrogens is 258 g/mol. The highest BCUT2D eigenvalue weighted by atomic mass is 35.5. The highest BCUT2D eigenvalue weighted by molar-refractivity contribution is 7.99. The maximum Gasteiger partial charge on any atom is 0.338 e. The number of benzene rings is 1. The molecule has 0 aliphatic rings. The molecule has 1 aromatic heterocycles. The van der Waals surface area contributed by atoms with Crippen molar-refractivity contribution in [1.82, 2.24) is 4.98 Å². The van der Waals surface area contributed by atoms with Crippen LogP contribution >= 0.6 is 23.4 Å². The maximum absolute atomic E-state index is 11.0. The van der Waals surface area contributed by atoms with Crippen molar-refractivity contribution < 1.29 is 9.90 Å². The molecule has 0 radical (unpaired) electrons. The van der Waals surface area contributed by atoms with Crippen LogP contribution in [-0.2, 0) is 0 Å². The Kier molecular flexibility index (Phi) is 3.66. The van der Waals surface area contributed by atoms with Crippen molar-refractivity contribution >= 4 is 29.3 Å². The summed E-state index contributed by atoms with van der Waals surface area (Å²) >= 11 is 7.14. The smallest absolute Gasteiger partial charge is 0.338 e. The second-order valence-electron chi connectivity index (χ2n) is 3.22. The Morgan fingerprint density at radius 1 is 1.29 bits per heavy atom. The van der Waals surface area contributed by atoms with E-state index >= 15 is 0 Å². The molecule has 0 fully saturated rings. The fourth-order valence-corrected chi connectivity index (χ4v) is 2.47. The predicted octanol–water partition coefficient (Wildman–Crippen LogP) is 3.58. The molecule has 5 heteroatoms. The monoisotopic (exact) mass is 265 g/mol. The summed E-state index contributed by atoms with van der Waals surface area (Å²) in [5.41, 5.74) is 0.192. The highest BCUT2D eigenvalue weighted by Gasteiger charge is 2.11. The number of carboxylic acids is 1. The average molecular weight is 266 g/mol. The summed E-state index contributed by atoms with van der Waals surface area (Å²) in [5, 5.41) is 10.1. The molecule has 3 nitrogen and oxygen atoms in total. The van der Waals surface area contributed by atoms with E-state index in [-0.39, 0.29) is 5.56 Å². The van der Waals surface area contributed by atoms with Crippen LogP contribution in [0.2, 0.25) is 5.02 Å². The van der Waals surface area contributed by atoms with Crippen LogP contribution in [0.5, 0.6) is 0 Å². The predicted molar refractivity (Wildman–Crippen MR) is 66.8 cm³/mol. The van der Waals surface area contributed by atoms with Crippen LogP contribution in [0.1, 0.15) is 10.4 Å². The lowest BCUT2D eigenvalue weighted by atomic mass is 10.3. The molecule has 17 heavy (non-hydrogen) atoms. The number of aromatic nitrogens is 1. The summed E-state index contributed by atoms with van der Waals surface area (Å²) in [6, 6.07) is 10.3. The van der Waals surface area contributed by atoms with Gasteiger partial charge in [-0.25, -0.2) is 9.78 Å². The minimum absolute atomic E-state index is 0.192. The standard InChI is InChI=1S/C12H8ClNO2S/c13-8-3-1-4-9(7-8)17-11-10(12(15)16)5-2-6-14-11/h1-7H,(H,15,16). The van der Waals surface area contributed by atoms with Crippen molar-refractivity contribution in [1.29, 1.82) is 0 Å². The molecule has 0 aliphatic heterocycles. The molecule has 2 rings (SSSR count). The van der Waals surface area contributed by atoms with Crippen LogP contribution in [0.4, 0.5) is 0 Å². The number of hydrogen-bond acceptors (Lipinski definition) is 3. The van der Waals surface area contributed by atoms with Gasteiger partial charge in [0.1, 0.15) is 5.03 Å². The van der Waals surface area contributed by atoms with Gasteiger partial charge < -0.3 is 5.11 Å². The van der Waals surface area contributed by atoms with Crippen LogP contribution < -0.4 is 0 Å². The third-order valence-corrected chi connectivity index (χ3v) is 3.26. The molecule has 0 amide bonds. The molecule has 1 heterocycles. The van der Waals surface area contributed by atoms with Gasteiger partial charge in [0.25, 0.3) is 0 Å². The first-order valence-electron chi connectivity index (χ1n) is 4.78. The summed E-state index contributed by atoms with van der Waals surface area (Å²) in [5.74, 6) is -0.984. The van der Waals surface area contributed by atoms with E-state index in [9.17, 15) is 4.79 Å². The second-order valence-corrected chi connectivity index (χ2v) is 4.72. The van der Waals surface area contributed by atoms with E-state index in [0.717, 1.165) is 4.90 Å². The molecule has 0 spiro atoms. The zero-order chi connectivity index (χ0) is 12.3. The highest BCUT2D eigenvalue weighted by Crippen LogP contribution is 2.30. The van der Waals surface area contributed by atoms with Crippen molar-refractivity contribution in [3.05, 3.63) is 53.2 Å².